The molecule has 0 amide bonds. The summed E-state index contributed by atoms with van der Waals surface area (Å²) in [5.41, 5.74) is 2.68. The first kappa shape index (κ1) is 14.9. The van der Waals surface area contributed by atoms with Gasteiger partial charge in [-0.05, 0) is 42.3 Å². The maximum Gasteiger partial charge on any atom is 0.162 e. The van der Waals surface area contributed by atoms with Crippen LogP contribution in [0.2, 0.25) is 0 Å². The van der Waals surface area contributed by atoms with Gasteiger partial charge in [-0.2, -0.15) is 0 Å². The third kappa shape index (κ3) is 3.10. The molecule has 1 unspecified atom stereocenters. The summed E-state index contributed by atoms with van der Waals surface area (Å²) in [6.07, 6.45) is -0.730. The topological polar surface area (TPSA) is 38.7 Å². The second kappa shape index (κ2) is 5.99. The Balaban J connectivity index is 2.02. The quantitative estimate of drug-likeness (QED) is 0.794. The van der Waals surface area contributed by atoms with Crippen molar-refractivity contribution in [2.75, 3.05) is 13.2 Å². The van der Waals surface area contributed by atoms with E-state index in [1.807, 2.05) is 37.3 Å². The van der Waals surface area contributed by atoms with Crippen LogP contribution < -0.4 is 9.47 Å². The number of hydrogen-bond acceptors (Lipinski definition) is 3. The van der Waals surface area contributed by atoms with Crippen molar-refractivity contribution in [3.05, 3.63) is 56.0 Å². The van der Waals surface area contributed by atoms with Gasteiger partial charge in [0.2, 0.25) is 0 Å². The maximum atomic E-state index is 10.7. The van der Waals surface area contributed by atoms with E-state index in [4.69, 9.17) is 9.47 Å². The number of aliphatic hydroxyl groups is 1. The first-order valence-corrected chi connectivity index (χ1v) is 8.17. The van der Waals surface area contributed by atoms with Crippen molar-refractivity contribution in [2.24, 2.45) is 0 Å². The van der Waals surface area contributed by atoms with Crippen LogP contribution in [0, 0.1) is 6.92 Å². The normalized spacial score (nSPS) is 14.9. The molecule has 1 N–H and O–H groups in total. The van der Waals surface area contributed by atoms with Crippen LogP contribution >= 0.6 is 31.9 Å². The number of benzene rings is 2. The molecule has 0 spiro atoms. The Labute approximate surface area is 140 Å². The van der Waals surface area contributed by atoms with Crippen molar-refractivity contribution in [1.82, 2.24) is 0 Å². The molecule has 3 nitrogen and oxygen atoms in total. The third-order valence-electron chi connectivity index (χ3n) is 3.34. The molecule has 0 bridgehead atoms. The van der Waals surface area contributed by atoms with Crippen LogP contribution in [0.4, 0.5) is 0 Å². The van der Waals surface area contributed by atoms with E-state index in [1.165, 1.54) is 0 Å². The van der Waals surface area contributed by atoms with Gasteiger partial charge in [0.25, 0.3) is 0 Å². The molecule has 110 valence electrons. The van der Waals surface area contributed by atoms with E-state index >= 15 is 0 Å². The molecule has 1 aliphatic rings. The minimum absolute atomic E-state index is 0.528. The van der Waals surface area contributed by atoms with E-state index in [1.54, 1.807) is 0 Å². The third-order valence-corrected chi connectivity index (χ3v) is 4.48. The lowest BCUT2D eigenvalue weighted by atomic mass is 9.99. The number of aryl methyl sites for hydroxylation is 1. The highest BCUT2D eigenvalue weighted by atomic mass is 79.9. The van der Waals surface area contributed by atoms with Gasteiger partial charge in [-0.25, -0.2) is 0 Å². The molecule has 3 rings (SSSR count). The van der Waals surface area contributed by atoms with E-state index in [0.717, 1.165) is 25.6 Å². The van der Waals surface area contributed by atoms with Gasteiger partial charge in [-0.15, -0.1) is 0 Å². The molecule has 2 aromatic rings. The van der Waals surface area contributed by atoms with Gasteiger partial charge < -0.3 is 14.6 Å². The minimum Gasteiger partial charge on any atom is -0.486 e. The number of aliphatic hydroxyl groups excluding tert-OH is 1. The van der Waals surface area contributed by atoms with Crippen LogP contribution in [0.25, 0.3) is 0 Å². The molecule has 0 aliphatic carbocycles. The number of hydrogen-bond donors (Lipinski definition) is 1. The van der Waals surface area contributed by atoms with Gasteiger partial charge in [-0.3, -0.25) is 0 Å². The molecule has 2 aromatic carbocycles. The van der Waals surface area contributed by atoms with Crippen LogP contribution in [0.3, 0.4) is 0 Å². The lowest BCUT2D eigenvalue weighted by Crippen LogP contribution is -2.16. The summed E-state index contributed by atoms with van der Waals surface area (Å²) in [6.45, 7) is 3.08. The van der Waals surface area contributed by atoms with Crippen molar-refractivity contribution in [3.63, 3.8) is 0 Å². The highest BCUT2D eigenvalue weighted by Gasteiger charge is 2.20. The molecular weight excluding hydrogens is 400 g/mol. The molecule has 5 heteroatoms. The van der Waals surface area contributed by atoms with Crippen molar-refractivity contribution in [1.29, 1.82) is 0 Å². The Morgan fingerprint density at radius 2 is 1.67 bits per heavy atom. The highest BCUT2D eigenvalue weighted by molar-refractivity contribution is 9.10. The fourth-order valence-electron chi connectivity index (χ4n) is 2.39. The number of halogens is 2. The van der Waals surface area contributed by atoms with Crippen molar-refractivity contribution < 1.29 is 14.6 Å². The number of fused-ring (bicyclic) bond motifs is 1. The molecule has 0 saturated carbocycles. The molecule has 1 aliphatic heterocycles. The molecule has 0 fully saturated rings. The smallest absolute Gasteiger partial charge is 0.162 e. The zero-order chi connectivity index (χ0) is 15.0. The Kier molecular flexibility index (Phi) is 4.24. The molecule has 21 heavy (non-hydrogen) atoms. The largest absolute Gasteiger partial charge is 0.486 e. The van der Waals surface area contributed by atoms with Crippen LogP contribution in [-0.2, 0) is 0 Å². The standard InChI is InChI=1S/C16H14Br2O3/c1-9-4-10(6-11(17)5-9)16(19)12-7-14-15(8-13(12)18)21-3-2-20-14/h4-8,16,19H,2-3H2,1H3. The van der Waals surface area contributed by atoms with Gasteiger partial charge in [0, 0.05) is 14.5 Å². The average Bonchev–Trinajstić information content (AvgIpc) is 2.44. The second-order valence-corrected chi connectivity index (χ2v) is 6.75. The predicted molar refractivity (Wildman–Crippen MR) is 88.1 cm³/mol. The summed E-state index contributed by atoms with van der Waals surface area (Å²) in [4.78, 5) is 0. The zero-order valence-electron chi connectivity index (χ0n) is 11.4. The van der Waals surface area contributed by atoms with Crippen molar-refractivity contribution in [3.8, 4) is 11.5 Å². The summed E-state index contributed by atoms with van der Waals surface area (Å²) in [5, 5.41) is 10.7. The summed E-state index contributed by atoms with van der Waals surface area (Å²) >= 11 is 6.97. The van der Waals surface area contributed by atoms with Crippen LogP contribution in [0.5, 0.6) is 11.5 Å². The Hall–Kier alpha value is -1.04. The molecule has 1 atom stereocenters. The van der Waals surface area contributed by atoms with Gasteiger partial charge in [-0.1, -0.05) is 37.9 Å². The van der Waals surface area contributed by atoms with E-state index in [0.29, 0.717) is 24.7 Å². The van der Waals surface area contributed by atoms with E-state index < -0.39 is 6.10 Å². The predicted octanol–water partition coefficient (Wildman–Crippen LogP) is 4.37. The maximum absolute atomic E-state index is 10.7. The lowest BCUT2D eigenvalue weighted by molar-refractivity contribution is 0.169. The lowest BCUT2D eigenvalue weighted by Gasteiger charge is -2.22. The average molecular weight is 414 g/mol. The zero-order valence-corrected chi connectivity index (χ0v) is 14.6. The van der Waals surface area contributed by atoms with Gasteiger partial charge in [0.05, 0.1) is 0 Å². The molecule has 1 heterocycles. The van der Waals surface area contributed by atoms with Crippen molar-refractivity contribution in [2.45, 2.75) is 13.0 Å². The monoisotopic (exact) mass is 412 g/mol. The Morgan fingerprint density at radius 1 is 1.00 bits per heavy atom. The summed E-state index contributed by atoms with van der Waals surface area (Å²) in [6, 6.07) is 9.58. The molecular formula is C16H14Br2O3. The number of rotatable bonds is 2. The van der Waals surface area contributed by atoms with Gasteiger partial charge in [0.1, 0.15) is 19.3 Å². The van der Waals surface area contributed by atoms with Crippen LogP contribution in [0.1, 0.15) is 22.8 Å². The van der Waals surface area contributed by atoms with E-state index in [2.05, 4.69) is 31.9 Å². The van der Waals surface area contributed by atoms with Gasteiger partial charge in [0.15, 0.2) is 11.5 Å². The summed E-state index contributed by atoms with van der Waals surface area (Å²) < 4.78 is 12.9. The molecule has 0 aromatic heterocycles. The van der Waals surface area contributed by atoms with Gasteiger partial charge >= 0.3 is 0 Å². The summed E-state index contributed by atoms with van der Waals surface area (Å²) in [5.74, 6) is 1.37. The summed E-state index contributed by atoms with van der Waals surface area (Å²) in [7, 11) is 0. The first-order chi connectivity index (χ1) is 10.0. The second-order valence-electron chi connectivity index (χ2n) is 4.98. The van der Waals surface area contributed by atoms with E-state index in [9.17, 15) is 5.11 Å². The first-order valence-electron chi connectivity index (χ1n) is 6.59. The fraction of sp³-hybridized carbons (Fsp3) is 0.250. The SMILES string of the molecule is Cc1cc(Br)cc(C(O)c2cc3c(cc2Br)OCCO3)c1. The minimum atomic E-state index is -0.730. The van der Waals surface area contributed by atoms with Crippen LogP contribution in [-0.4, -0.2) is 18.3 Å². The van der Waals surface area contributed by atoms with Crippen LogP contribution in [0.15, 0.2) is 39.3 Å². The fourth-order valence-corrected chi connectivity index (χ4v) is 3.56. The Morgan fingerprint density at radius 3 is 2.33 bits per heavy atom. The van der Waals surface area contributed by atoms with Crippen molar-refractivity contribution >= 4 is 31.9 Å². The highest BCUT2D eigenvalue weighted by Crippen LogP contribution is 2.39. The number of ether oxygens (including phenoxy) is 2. The molecule has 0 radical (unpaired) electrons. The molecule has 0 saturated heterocycles. The van der Waals surface area contributed by atoms with E-state index in [-0.39, 0.29) is 0 Å². The Bertz CT molecular complexity index is 665.